The highest BCUT2D eigenvalue weighted by Crippen LogP contribution is 2.22. The topological polar surface area (TPSA) is 89.1 Å². The lowest BCUT2D eigenvalue weighted by Crippen LogP contribution is -2.47. The van der Waals surface area contributed by atoms with Crippen molar-refractivity contribution in [3.63, 3.8) is 0 Å². The van der Waals surface area contributed by atoms with Crippen LogP contribution in [0.15, 0.2) is 18.5 Å². The SMILES string of the molecule is CC(C)(c1ncccn1)C(N)C(=O)O. The monoisotopic (exact) mass is 195 g/mol. The van der Waals surface area contributed by atoms with Crippen molar-refractivity contribution in [1.29, 1.82) is 0 Å². The Balaban J connectivity index is 3.02. The van der Waals surface area contributed by atoms with Crippen LogP contribution in [0.4, 0.5) is 0 Å². The summed E-state index contributed by atoms with van der Waals surface area (Å²) in [6.07, 6.45) is 3.14. The van der Waals surface area contributed by atoms with Crippen molar-refractivity contribution >= 4 is 5.97 Å². The maximum atomic E-state index is 10.7. The number of carboxylic acids is 1. The van der Waals surface area contributed by atoms with Gasteiger partial charge in [0.2, 0.25) is 0 Å². The van der Waals surface area contributed by atoms with Crippen LogP contribution < -0.4 is 5.73 Å². The van der Waals surface area contributed by atoms with Crippen LogP contribution in [-0.2, 0) is 10.2 Å². The normalized spacial score (nSPS) is 13.6. The number of aliphatic carboxylic acids is 1. The number of carbonyl (C=O) groups is 1. The van der Waals surface area contributed by atoms with E-state index in [1.165, 1.54) is 0 Å². The zero-order chi connectivity index (χ0) is 10.8. The van der Waals surface area contributed by atoms with Crippen molar-refractivity contribution in [3.8, 4) is 0 Å². The highest BCUT2D eigenvalue weighted by atomic mass is 16.4. The van der Waals surface area contributed by atoms with E-state index < -0.39 is 17.4 Å². The first kappa shape index (κ1) is 10.6. The molecule has 0 amide bonds. The van der Waals surface area contributed by atoms with Crippen molar-refractivity contribution in [2.45, 2.75) is 25.3 Å². The van der Waals surface area contributed by atoms with Gasteiger partial charge in [-0.1, -0.05) is 13.8 Å². The van der Waals surface area contributed by atoms with Gasteiger partial charge in [0.1, 0.15) is 11.9 Å². The van der Waals surface area contributed by atoms with Gasteiger partial charge in [0.25, 0.3) is 0 Å². The molecule has 1 heterocycles. The molecular formula is C9H13N3O2. The van der Waals surface area contributed by atoms with E-state index in [1.54, 1.807) is 32.3 Å². The molecule has 1 aromatic heterocycles. The van der Waals surface area contributed by atoms with E-state index >= 15 is 0 Å². The van der Waals surface area contributed by atoms with Crippen molar-refractivity contribution in [2.24, 2.45) is 5.73 Å². The van der Waals surface area contributed by atoms with Gasteiger partial charge in [-0.2, -0.15) is 0 Å². The zero-order valence-corrected chi connectivity index (χ0v) is 8.14. The molecule has 0 spiro atoms. The quantitative estimate of drug-likeness (QED) is 0.717. The van der Waals surface area contributed by atoms with Crippen molar-refractivity contribution in [1.82, 2.24) is 9.97 Å². The lowest BCUT2D eigenvalue weighted by Gasteiger charge is -2.26. The van der Waals surface area contributed by atoms with Crippen molar-refractivity contribution in [2.75, 3.05) is 0 Å². The summed E-state index contributed by atoms with van der Waals surface area (Å²) < 4.78 is 0. The number of aromatic nitrogens is 2. The maximum Gasteiger partial charge on any atom is 0.321 e. The Hall–Kier alpha value is -1.49. The Labute approximate surface area is 82.0 Å². The predicted molar refractivity (Wildman–Crippen MR) is 50.7 cm³/mol. The second kappa shape index (κ2) is 3.71. The second-order valence-corrected chi connectivity index (χ2v) is 3.61. The minimum absolute atomic E-state index is 0.440. The molecule has 3 N–H and O–H groups in total. The van der Waals surface area contributed by atoms with Gasteiger partial charge >= 0.3 is 5.97 Å². The molecule has 1 aromatic rings. The predicted octanol–water partition coefficient (Wildman–Crippen LogP) is 0.166. The molecule has 0 aliphatic rings. The number of nitrogens with two attached hydrogens (primary N) is 1. The largest absolute Gasteiger partial charge is 0.480 e. The molecule has 0 radical (unpaired) electrons. The summed E-state index contributed by atoms with van der Waals surface area (Å²) in [5.74, 6) is -0.614. The molecule has 5 nitrogen and oxygen atoms in total. The van der Waals surface area contributed by atoms with Gasteiger partial charge in [-0.25, -0.2) is 9.97 Å². The maximum absolute atomic E-state index is 10.7. The molecule has 0 saturated heterocycles. The summed E-state index contributed by atoms with van der Waals surface area (Å²) >= 11 is 0. The van der Waals surface area contributed by atoms with Gasteiger partial charge in [-0.05, 0) is 6.07 Å². The fourth-order valence-corrected chi connectivity index (χ4v) is 1.08. The lowest BCUT2D eigenvalue weighted by molar-refractivity contribution is -0.140. The van der Waals surface area contributed by atoms with Crippen molar-refractivity contribution < 1.29 is 9.90 Å². The molecule has 5 heteroatoms. The Morgan fingerprint density at radius 1 is 1.50 bits per heavy atom. The number of carboxylic acid groups (broad SMARTS) is 1. The molecule has 1 atom stereocenters. The standard InChI is InChI=1S/C9H13N3O2/c1-9(2,6(10)7(13)14)8-11-4-3-5-12-8/h3-6H,10H2,1-2H3,(H,13,14). The Kier molecular flexibility index (Phi) is 2.81. The first-order valence-electron chi connectivity index (χ1n) is 4.22. The van der Waals surface area contributed by atoms with Crippen LogP contribution in [-0.4, -0.2) is 27.1 Å². The second-order valence-electron chi connectivity index (χ2n) is 3.61. The third kappa shape index (κ3) is 1.88. The van der Waals surface area contributed by atoms with Gasteiger partial charge in [0, 0.05) is 12.4 Å². The fourth-order valence-electron chi connectivity index (χ4n) is 1.08. The van der Waals surface area contributed by atoms with Crippen LogP contribution in [0.1, 0.15) is 19.7 Å². The Morgan fingerprint density at radius 3 is 2.43 bits per heavy atom. The van der Waals surface area contributed by atoms with E-state index in [0.29, 0.717) is 5.82 Å². The minimum atomic E-state index is -1.05. The van der Waals surface area contributed by atoms with E-state index in [-0.39, 0.29) is 0 Å². The molecule has 1 unspecified atom stereocenters. The van der Waals surface area contributed by atoms with Crippen LogP contribution in [0.2, 0.25) is 0 Å². The van der Waals surface area contributed by atoms with E-state index in [1.807, 2.05) is 0 Å². The van der Waals surface area contributed by atoms with E-state index in [4.69, 9.17) is 10.8 Å². The van der Waals surface area contributed by atoms with Gasteiger partial charge in [0.15, 0.2) is 0 Å². The molecule has 0 saturated carbocycles. The third-order valence-corrected chi connectivity index (χ3v) is 2.19. The Morgan fingerprint density at radius 2 is 2.00 bits per heavy atom. The molecule has 0 bridgehead atoms. The summed E-state index contributed by atoms with van der Waals surface area (Å²) in [5, 5.41) is 8.80. The number of rotatable bonds is 3. The molecule has 0 aliphatic heterocycles. The third-order valence-electron chi connectivity index (χ3n) is 2.19. The van der Waals surface area contributed by atoms with Crippen LogP contribution >= 0.6 is 0 Å². The fraction of sp³-hybridized carbons (Fsp3) is 0.444. The number of nitrogens with zero attached hydrogens (tertiary/aromatic N) is 2. The van der Waals surface area contributed by atoms with Crippen LogP contribution in [0, 0.1) is 0 Å². The molecule has 1 rings (SSSR count). The van der Waals surface area contributed by atoms with Crippen LogP contribution in [0.5, 0.6) is 0 Å². The van der Waals surface area contributed by atoms with Gasteiger partial charge in [-0.3, -0.25) is 4.79 Å². The van der Waals surface area contributed by atoms with E-state index in [0.717, 1.165) is 0 Å². The zero-order valence-electron chi connectivity index (χ0n) is 8.14. The first-order chi connectivity index (χ1) is 6.46. The van der Waals surface area contributed by atoms with Gasteiger partial charge < -0.3 is 10.8 Å². The lowest BCUT2D eigenvalue weighted by atomic mass is 9.84. The molecule has 0 aliphatic carbocycles. The Bertz CT molecular complexity index is 324. The summed E-state index contributed by atoms with van der Waals surface area (Å²) in [7, 11) is 0. The van der Waals surface area contributed by atoms with Gasteiger partial charge in [-0.15, -0.1) is 0 Å². The highest BCUT2D eigenvalue weighted by Gasteiger charge is 2.36. The van der Waals surface area contributed by atoms with Crippen LogP contribution in [0.25, 0.3) is 0 Å². The number of hydrogen-bond acceptors (Lipinski definition) is 4. The number of hydrogen-bond donors (Lipinski definition) is 2. The van der Waals surface area contributed by atoms with Crippen molar-refractivity contribution in [3.05, 3.63) is 24.3 Å². The molecular weight excluding hydrogens is 182 g/mol. The average molecular weight is 195 g/mol. The molecule has 0 aromatic carbocycles. The van der Waals surface area contributed by atoms with E-state index in [2.05, 4.69) is 9.97 Å². The van der Waals surface area contributed by atoms with E-state index in [9.17, 15) is 4.79 Å². The average Bonchev–Trinajstić information content (AvgIpc) is 2.18. The summed E-state index contributed by atoms with van der Waals surface area (Å²) in [6, 6.07) is 0.663. The molecule has 0 fully saturated rings. The molecule has 76 valence electrons. The van der Waals surface area contributed by atoms with Crippen LogP contribution in [0.3, 0.4) is 0 Å². The minimum Gasteiger partial charge on any atom is -0.480 e. The van der Waals surface area contributed by atoms with Gasteiger partial charge in [0.05, 0.1) is 5.41 Å². The highest BCUT2D eigenvalue weighted by molar-refractivity contribution is 5.75. The summed E-state index contributed by atoms with van der Waals surface area (Å²) in [5.41, 5.74) is 4.78. The summed E-state index contributed by atoms with van der Waals surface area (Å²) in [4.78, 5) is 18.7. The molecule has 14 heavy (non-hydrogen) atoms. The smallest absolute Gasteiger partial charge is 0.321 e. The first-order valence-corrected chi connectivity index (χ1v) is 4.22. The summed E-state index contributed by atoms with van der Waals surface area (Å²) in [6.45, 7) is 3.42.